The van der Waals surface area contributed by atoms with Gasteiger partial charge in [-0.1, -0.05) is 36.4 Å². The van der Waals surface area contributed by atoms with Crippen LogP contribution < -0.4 is 15.4 Å². The molecule has 3 aromatic rings. The second-order valence-corrected chi connectivity index (χ2v) is 9.65. The van der Waals surface area contributed by atoms with Crippen molar-refractivity contribution >= 4 is 33.2 Å². The Hall–Kier alpha value is -3.69. The van der Waals surface area contributed by atoms with Crippen molar-refractivity contribution < 1.29 is 22.7 Å². The van der Waals surface area contributed by atoms with Crippen molar-refractivity contribution in [2.24, 2.45) is 0 Å². The molecule has 0 fully saturated rings. The zero-order valence-corrected chi connectivity index (χ0v) is 20.7. The lowest BCUT2D eigenvalue weighted by Crippen LogP contribution is -2.26. The zero-order valence-electron chi connectivity index (χ0n) is 19.9. The molecule has 0 saturated heterocycles. The summed E-state index contributed by atoms with van der Waals surface area (Å²) in [5, 5.41) is 5.52. The molecule has 3 rings (SSSR count). The number of methoxy groups -OCH3 is 1. The minimum Gasteiger partial charge on any atom is -0.385 e. The van der Waals surface area contributed by atoms with Gasteiger partial charge >= 0.3 is 0 Å². The SMILES string of the molecule is COCCCNC(=O)c1ccccc1NC(=O)c1ccc(C)c(S(=O)(=O)Nc2ccccc2C)c1. The third-order valence-electron chi connectivity index (χ3n) is 5.36. The first-order valence-corrected chi connectivity index (χ1v) is 12.6. The van der Waals surface area contributed by atoms with Gasteiger partial charge in [-0.25, -0.2) is 8.42 Å². The maximum absolute atomic E-state index is 13.1. The Morgan fingerprint density at radius 2 is 1.54 bits per heavy atom. The summed E-state index contributed by atoms with van der Waals surface area (Å²) in [6, 6.07) is 18.1. The maximum Gasteiger partial charge on any atom is 0.262 e. The summed E-state index contributed by atoms with van der Waals surface area (Å²) in [6.07, 6.45) is 0.661. The Bertz CT molecular complexity index is 1320. The van der Waals surface area contributed by atoms with Crippen LogP contribution in [0, 0.1) is 13.8 Å². The van der Waals surface area contributed by atoms with E-state index in [-0.39, 0.29) is 16.4 Å². The largest absolute Gasteiger partial charge is 0.385 e. The summed E-state index contributed by atoms with van der Waals surface area (Å²) in [6.45, 7) is 4.43. The molecule has 184 valence electrons. The number of sulfonamides is 1. The van der Waals surface area contributed by atoms with E-state index < -0.39 is 15.9 Å². The molecule has 0 aliphatic rings. The summed E-state index contributed by atoms with van der Waals surface area (Å²) in [7, 11) is -2.35. The van der Waals surface area contributed by atoms with E-state index in [1.807, 2.05) is 6.07 Å². The summed E-state index contributed by atoms with van der Waals surface area (Å²) in [5.41, 5.74) is 2.52. The molecule has 0 spiro atoms. The van der Waals surface area contributed by atoms with E-state index in [4.69, 9.17) is 4.74 Å². The fourth-order valence-electron chi connectivity index (χ4n) is 3.42. The van der Waals surface area contributed by atoms with E-state index >= 15 is 0 Å². The van der Waals surface area contributed by atoms with Gasteiger partial charge in [0.05, 0.1) is 21.8 Å². The standard InChI is InChI=1S/C26H29N3O5S/c1-18-9-4-6-11-22(18)29-35(32,33)24-17-20(14-13-19(24)2)25(30)28-23-12-7-5-10-21(23)26(31)27-15-8-16-34-3/h4-7,9-14,17,29H,8,15-16H2,1-3H3,(H,27,31)(H,28,30). The lowest BCUT2D eigenvalue weighted by molar-refractivity contribution is 0.0949. The Morgan fingerprint density at radius 1 is 0.857 bits per heavy atom. The number of benzene rings is 3. The molecule has 9 heteroatoms. The molecule has 8 nitrogen and oxygen atoms in total. The van der Waals surface area contributed by atoms with E-state index in [9.17, 15) is 18.0 Å². The van der Waals surface area contributed by atoms with Crippen LogP contribution in [0.5, 0.6) is 0 Å². The maximum atomic E-state index is 13.1. The van der Waals surface area contributed by atoms with Crippen LogP contribution >= 0.6 is 0 Å². The zero-order chi connectivity index (χ0) is 25.4. The van der Waals surface area contributed by atoms with Gasteiger partial charge in [0.1, 0.15) is 0 Å². The van der Waals surface area contributed by atoms with Gasteiger partial charge in [-0.2, -0.15) is 0 Å². The van der Waals surface area contributed by atoms with Gasteiger partial charge in [-0.15, -0.1) is 0 Å². The van der Waals surface area contributed by atoms with Gasteiger partial charge in [-0.3, -0.25) is 14.3 Å². The average molecular weight is 496 g/mol. The van der Waals surface area contributed by atoms with Crippen molar-refractivity contribution in [1.29, 1.82) is 0 Å². The average Bonchev–Trinajstić information content (AvgIpc) is 2.83. The van der Waals surface area contributed by atoms with Crippen molar-refractivity contribution in [2.75, 3.05) is 30.3 Å². The van der Waals surface area contributed by atoms with E-state index in [2.05, 4.69) is 15.4 Å². The molecule has 0 aromatic heterocycles. The Morgan fingerprint density at radius 3 is 2.26 bits per heavy atom. The van der Waals surface area contributed by atoms with E-state index in [1.165, 1.54) is 6.07 Å². The van der Waals surface area contributed by atoms with E-state index in [0.29, 0.717) is 42.1 Å². The first-order chi connectivity index (χ1) is 16.7. The predicted molar refractivity (Wildman–Crippen MR) is 136 cm³/mol. The molecular weight excluding hydrogens is 466 g/mol. The van der Waals surface area contributed by atoms with Crippen molar-refractivity contribution in [3.8, 4) is 0 Å². The number of para-hydroxylation sites is 2. The number of aryl methyl sites for hydroxylation is 2. The third-order valence-corrected chi connectivity index (χ3v) is 6.87. The molecule has 0 unspecified atom stereocenters. The fourth-order valence-corrected chi connectivity index (χ4v) is 4.82. The fraction of sp³-hybridized carbons (Fsp3) is 0.231. The van der Waals surface area contributed by atoms with Crippen molar-refractivity contribution in [2.45, 2.75) is 25.2 Å². The molecule has 3 aromatic carbocycles. The first kappa shape index (κ1) is 25.9. The van der Waals surface area contributed by atoms with E-state index in [1.54, 1.807) is 75.6 Å². The third kappa shape index (κ3) is 6.68. The molecule has 3 N–H and O–H groups in total. The lowest BCUT2D eigenvalue weighted by atomic mass is 10.1. The molecule has 0 aliphatic heterocycles. The number of rotatable bonds is 10. The number of carbonyl (C=O) groups excluding carboxylic acids is 2. The smallest absolute Gasteiger partial charge is 0.262 e. The van der Waals surface area contributed by atoms with Crippen molar-refractivity contribution in [3.05, 3.63) is 89.0 Å². The molecule has 0 bridgehead atoms. The number of hydrogen-bond donors (Lipinski definition) is 3. The number of carbonyl (C=O) groups is 2. The van der Waals surface area contributed by atoms with Crippen LogP contribution in [-0.4, -0.2) is 40.5 Å². The Labute approximate surface area is 205 Å². The lowest BCUT2D eigenvalue weighted by Gasteiger charge is -2.14. The van der Waals surface area contributed by atoms with Crippen LogP contribution in [0.1, 0.15) is 38.3 Å². The highest BCUT2D eigenvalue weighted by atomic mass is 32.2. The summed E-state index contributed by atoms with van der Waals surface area (Å²) >= 11 is 0. The number of nitrogens with one attached hydrogen (secondary N) is 3. The van der Waals surface area contributed by atoms with Crippen LogP contribution in [0.15, 0.2) is 71.6 Å². The molecule has 0 aliphatic carbocycles. The molecular formula is C26H29N3O5S. The Kier molecular flexibility index (Phi) is 8.62. The van der Waals surface area contributed by atoms with Gasteiger partial charge in [0, 0.05) is 25.8 Å². The van der Waals surface area contributed by atoms with Gasteiger partial charge < -0.3 is 15.4 Å². The minimum absolute atomic E-state index is 0.00225. The second-order valence-electron chi connectivity index (χ2n) is 8.00. The summed E-state index contributed by atoms with van der Waals surface area (Å²) in [4.78, 5) is 25.6. The number of ether oxygens (including phenoxy) is 1. The van der Waals surface area contributed by atoms with E-state index in [0.717, 1.165) is 5.56 Å². The Balaban J connectivity index is 1.81. The highest BCUT2D eigenvalue weighted by molar-refractivity contribution is 7.92. The molecule has 35 heavy (non-hydrogen) atoms. The van der Waals surface area contributed by atoms with Crippen molar-refractivity contribution in [1.82, 2.24) is 5.32 Å². The molecule has 0 atom stereocenters. The monoisotopic (exact) mass is 495 g/mol. The second kappa shape index (κ2) is 11.6. The van der Waals surface area contributed by atoms with Crippen molar-refractivity contribution in [3.63, 3.8) is 0 Å². The van der Waals surface area contributed by atoms with Gasteiger partial charge in [0.25, 0.3) is 21.8 Å². The predicted octanol–water partition coefficient (Wildman–Crippen LogP) is 4.12. The number of anilines is 2. The summed E-state index contributed by atoms with van der Waals surface area (Å²) < 4.78 is 33.8. The number of hydrogen-bond acceptors (Lipinski definition) is 5. The van der Waals surface area contributed by atoms with Gasteiger partial charge in [0.15, 0.2) is 0 Å². The summed E-state index contributed by atoms with van der Waals surface area (Å²) in [5.74, 6) is -0.858. The number of amides is 2. The topological polar surface area (TPSA) is 114 Å². The molecule has 0 radical (unpaired) electrons. The van der Waals surface area contributed by atoms with Crippen LogP contribution in [0.4, 0.5) is 11.4 Å². The highest BCUT2D eigenvalue weighted by Crippen LogP contribution is 2.24. The molecule has 0 saturated carbocycles. The normalized spacial score (nSPS) is 11.1. The molecule has 0 heterocycles. The van der Waals surface area contributed by atoms with Crippen LogP contribution in [0.3, 0.4) is 0 Å². The van der Waals surface area contributed by atoms with Gasteiger partial charge in [0.2, 0.25) is 0 Å². The minimum atomic E-state index is -3.94. The highest BCUT2D eigenvalue weighted by Gasteiger charge is 2.21. The quantitative estimate of drug-likeness (QED) is 0.366. The molecule has 2 amide bonds. The first-order valence-electron chi connectivity index (χ1n) is 11.1. The van der Waals surface area contributed by atoms with Gasteiger partial charge in [-0.05, 0) is 61.7 Å². The van der Waals surface area contributed by atoms with Crippen LogP contribution in [0.25, 0.3) is 0 Å². The van der Waals surface area contributed by atoms with Crippen LogP contribution in [0.2, 0.25) is 0 Å². The van der Waals surface area contributed by atoms with Crippen LogP contribution in [-0.2, 0) is 14.8 Å².